The predicted octanol–water partition coefficient (Wildman–Crippen LogP) is 5.29. The summed E-state index contributed by atoms with van der Waals surface area (Å²) < 4.78 is 79.7. The molecular formula is C19H14F4N2O2S2. The molecule has 0 saturated carbocycles. The van der Waals surface area contributed by atoms with Crippen LogP contribution < -0.4 is 4.31 Å². The minimum atomic E-state index is -4.91. The van der Waals surface area contributed by atoms with Gasteiger partial charge in [0.2, 0.25) is 10.0 Å². The van der Waals surface area contributed by atoms with Gasteiger partial charge in [-0.2, -0.15) is 18.4 Å². The van der Waals surface area contributed by atoms with Crippen molar-refractivity contribution in [3.05, 3.63) is 65.0 Å². The second-order valence-corrected chi connectivity index (χ2v) is 9.32. The first-order chi connectivity index (χ1) is 13.6. The molecule has 3 aromatic rings. The molecule has 0 aliphatic heterocycles. The summed E-state index contributed by atoms with van der Waals surface area (Å²) in [5.41, 5.74) is -1.39. The highest BCUT2D eigenvalue weighted by atomic mass is 32.2. The molecule has 0 bridgehead atoms. The molecule has 0 unspecified atom stereocenters. The van der Waals surface area contributed by atoms with Gasteiger partial charge in [0.05, 0.1) is 23.4 Å². The third-order valence-corrected chi connectivity index (χ3v) is 7.30. The summed E-state index contributed by atoms with van der Waals surface area (Å²) in [7, 11) is -3.93. The Morgan fingerprint density at radius 3 is 2.48 bits per heavy atom. The Labute approximate surface area is 168 Å². The van der Waals surface area contributed by atoms with E-state index in [1.54, 1.807) is 24.3 Å². The number of alkyl halides is 3. The lowest BCUT2D eigenvalue weighted by atomic mass is 10.1. The van der Waals surface area contributed by atoms with Crippen LogP contribution >= 0.6 is 11.3 Å². The predicted molar refractivity (Wildman–Crippen MR) is 104 cm³/mol. The van der Waals surface area contributed by atoms with Crippen molar-refractivity contribution in [1.82, 2.24) is 0 Å². The van der Waals surface area contributed by atoms with E-state index in [1.165, 1.54) is 6.92 Å². The topological polar surface area (TPSA) is 61.2 Å². The molecule has 0 saturated heterocycles. The van der Waals surface area contributed by atoms with Crippen molar-refractivity contribution in [2.75, 3.05) is 10.1 Å². The van der Waals surface area contributed by atoms with Crippen LogP contribution in [0, 0.1) is 17.1 Å². The first kappa shape index (κ1) is 21.1. The average Bonchev–Trinajstić information content (AvgIpc) is 3.04. The quantitative estimate of drug-likeness (QED) is 0.505. The maximum absolute atomic E-state index is 13.6. The van der Waals surface area contributed by atoms with Crippen LogP contribution in [-0.4, -0.2) is 14.2 Å². The summed E-state index contributed by atoms with van der Waals surface area (Å²) in [5.74, 6) is -1.76. The van der Waals surface area contributed by atoms with Gasteiger partial charge >= 0.3 is 6.18 Å². The Kier molecular flexibility index (Phi) is 5.56. The Hall–Kier alpha value is -2.64. The van der Waals surface area contributed by atoms with Gasteiger partial charge in [-0.15, -0.1) is 11.3 Å². The zero-order chi connectivity index (χ0) is 21.4. The van der Waals surface area contributed by atoms with Gasteiger partial charge in [-0.1, -0.05) is 24.3 Å². The first-order valence-electron chi connectivity index (χ1n) is 8.36. The first-order valence-corrected chi connectivity index (χ1v) is 10.8. The molecule has 3 rings (SSSR count). The van der Waals surface area contributed by atoms with Gasteiger partial charge in [0.15, 0.2) is 0 Å². The summed E-state index contributed by atoms with van der Waals surface area (Å²) >= 11 is 1.06. The maximum Gasteiger partial charge on any atom is 0.419 e. The molecule has 2 aromatic carbocycles. The molecular weight excluding hydrogens is 428 g/mol. The number of nitrogens with zero attached hydrogens (tertiary/aromatic N) is 2. The number of nitriles is 1. The van der Waals surface area contributed by atoms with Crippen LogP contribution in [0.5, 0.6) is 0 Å². The molecule has 0 aliphatic rings. The minimum absolute atomic E-state index is 0.0444. The second-order valence-electron chi connectivity index (χ2n) is 6.11. The molecule has 4 nitrogen and oxygen atoms in total. The molecule has 1 aromatic heterocycles. The zero-order valence-electron chi connectivity index (χ0n) is 15.0. The number of anilines is 1. The lowest BCUT2D eigenvalue weighted by Gasteiger charge is -2.23. The van der Waals surface area contributed by atoms with Gasteiger partial charge in [-0.25, -0.2) is 12.8 Å². The Bertz CT molecular complexity index is 1210. The van der Waals surface area contributed by atoms with Gasteiger partial charge in [-0.3, -0.25) is 4.31 Å². The van der Waals surface area contributed by atoms with E-state index in [4.69, 9.17) is 0 Å². The van der Waals surface area contributed by atoms with Crippen LogP contribution in [0.3, 0.4) is 0 Å². The van der Waals surface area contributed by atoms with E-state index in [9.17, 15) is 31.2 Å². The second kappa shape index (κ2) is 7.65. The molecule has 0 aliphatic carbocycles. The standard InChI is InChI=1S/C19H14F4N2O2S2/c1-2-29(26,27)25(11-12-7-8-16(20)15(9-12)19(21,22)23)18-14(10-24)13-5-3-4-6-17(13)28-18/h3-9H,2,11H2,1H3. The fourth-order valence-electron chi connectivity index (χ4n) is 2.82. The minimum Gasteiger partial charge on any atom is -0.255 e. The van der Waals surface area contributed by atoms with Crippen molar-refractivity contribution >= 4 is 36.4 Å². The third kappa shape index (κ3) is 4.06. The summed E-state index contributed by atoms with van der Waals surface area (Å²) in [4.78, 5) is 0. The highest BCUT2D eigenvalue weighted by Gasteiger charge is 2.35. The number of benzene rings is 2. The smallest absolute Gasteiger partial charge is 0.255 e. The highest BCUT2D eigenvalue weighted by Crippen LogP contribution is 2.40. The molecule has 0 radical (unpaired) electrons. The Morgan fingerprint density at radius 2 is 1.86 bits per heavy atom. The third-order valence-electron chi connectivity index (χ3n) is 4.28. The van der Waals surface area contributed by atoms with E-state index in [0.29, 0.717) is 22.2 Å². The molecule has 0 fully saturated rings. The fourth-order valence-corrected chi connectivity index (χ4v) is 5.34. The van der Waals surface area contributed by atoms with E-state index >= 15 is 0 Å². The zero-order valence-corrected chi connectivity index (χ0v) is 16.6. The van der Waals surface area contributed by atoms with Crippen molar-refractivity contribution < 1.29 is 26.0 Å². The van der Waals surface area contributed by atoms with Crippen molar-refractivity contribution in [2.45, 2.75) is 19.6 Å². The fraction of sp³-hybridized carbons (Fsp3) is 0.211. The van der Waals surface area contributed by atoms with Crippen LogP contribution in [0.4, 0.5) is 22.6 Å². The maximum atomic E-state index is 13.6. The summed E-state index contributed by atoms with van der Waals surface area (Å²) in [5, 5.41) is 10.3. The van der Waals surface area contributed by atoms with Crippen LogP contribution in [-0.2, 0) is 22.7 Å². The molecule has 152 valence electrons. The van der Waals surface area contributed by atoms with E-state index < -0.39 is 34.1 Å². The number of thiophene rings is 1. The van der Waals surface area contributed by atoms with Gasteiger partial charge < -0.3 is 0 Å². The molecule has 29 heavy (non-hydrogen) atoms. The summed E-state index contributed by atoms with van der Waals surface area (Å²) in [6, 6.07) is 11.2. The normalized spacial score (nSPS) is 12.1. The average molecular weight is 442 g/mol. The lowest BCUT2D eigenvalue weighted by molar-refractivity contribution is -0.140. The summed E-state index contributed by atoms with van der Waals surface area (Å²) in [6.07, 6.45) is -4.91. The monoisotopic (exact) mass is 442 g/mol. The summed E-state index contributed by atoms with van der Waals surface area (Å²) in [6.45, 7) is 0.939. The van der Waals surface area contributed by atoms with E-state index in [0.717, 1.165) is 21.7 Å². The van der Waals surface area contributed by atoms with Crippen LogP contribution in [0.15, 0.2) is 42.5 Å². The molecule has 0 amide bonds. The van der Waals surface area contributed by atoms with Gasteiger partial charge in [0.25, 0.3) is 0 Å². The Morgan fingerprint density at radius 1 is 1.17 bits per heavy atom. The van der Waals surface area contributed by atoms with Gasteiger partial charge in [0, 0.05) is 10.1 Å². The van der Waals surface area contributed by atoms with Crippen LogP contribution in [0.1, 0.15) is 23.6 Å². The van der Waals surface area contributed by atoms with Crippen molar-refractivity contribution in [2.24, 2.45) is 0 Å². The number of hydrogen-bond donors (Lipinski definition) is 0. The highest BCUT2D eigenvalue weighted by molar-refractivity contribution is 7.92. The van der Waals surface area contributed by atoms with Crippen LogP contribution in [0.25, 0.3) is 10.1 Å². The largest absolute Gasteiger partial charge is 0.419 e. The molecule has 0 N–H and O–H groups in total. The molecule has 0 spiro atoms. The number of rotatable bonds is 5. The Balaban J connectivity index is 2.16. The van der Waals surface area contributed by atoms with Gasteiger partial charge in [-0.05, 0) is 30.7 Å². The number of sulfonamides is 1. The number of fused-ring (bicyclic) bond motifs is 1. The van der Waals surface area contributed by atoms with Crippen molar-refractivity contribution in [3.63, 3.8) is 0 Å². The number of halogens is 4. The van der Waals surface area contributed by atoms with Gasteiger partial charge in [0.1, 0.15) is 16.9 Å². The molecule has 0 atom stereocenters. The number of hydrogen-bond acceptors (Lipinski definition) is 4. The lowest BCUT2D eigenvalue weighted by Crippen LogP contribution is -2.31. The SMILES string of the molecule is CCS(=O)(=O)N(Cc1ccc(F)c(C(F)(F)F)c1)c1sc2ccccc2c1C#N. The van der Waals surface area contributed by atoms with Crippen molar-refractivity contribution in [3.8, 4) is 6.07 Å². The van der Waals surface area contributed by atoms with E-state index in [-0.39, 0.29) is 21.9 Å². The molecule has 10 heteroatoms. The van der Waals surface area contributed by atoms with Crippen LogP contribution in [0.2, 0.25) is 0 Å². The van der Waals surface area contributed by atoms with E-state index in [1.807, 2.05) is 6.07 Å². The van der Waals surface area contributed by atoms with E-state index in [2.05, 4.69) is 0 Å². The molecule has 1 heterocycles. The van der Waals surface area contributed by atoms with Crippen molar-refractivity contribution in [1.29, 1.82) is 5.26 Å².